The molecule has 0 saturated heterocycles. The van der Waals surface area contributed by atoms with Gasteiger partial charge in [-0.05, 0) is 26.7 Å². The molecule has 0 saturated carbocycles. The Morgan fingerprint density at radius 2 is 2.44 bits per heavy atom. The fourth-order valence-electron chi connectivity index (χ4n) is 2.24. The van der Waals surface area contributed by atoms with Gasteiger partial charge in [0.25, 0.3) is 0 Å². The predicted molar refractivity (Wildman–Crippen MR) is 57.7 cm³/mol. The number of rotatable bonds is 3. The Labute approximate surface area is 94.1 Å². The number of aromatic nitrogens is 2. The SMILES string of the molecule is CCOC1CCc2c(C(=O)O)nc(C)n2C1. The van der Waals surface area contributed by atoms with Gasteiger partial charge in [0.15, 0.2) is 5.69 Å². The topological polar surface area (TPSA) is 64.3 Å². The van der Waals surface area contributed by atoms with Gasteiger partial charge in [0.05, 0.1) is 18.3 Å². The summed E-state index contributed by atoms with van der Waals surface area (Å²) in [6.45, 7) is 5.22. The van der Waals surface area contributed by atoms with Gasteiger partial charge in [-0.1, -0.05) is 0 Å². The van der Waals surface area contributed by atoms with Crippen LogP contribution in [0.3, 0.4) is 0 Å². The van der Waals surface area contributed by atoms with Gasteiger partial charge in [0.2, 0.25) is 0 Å². The molecule has 2 rings (SSSR count). The number of carboxylic acids is 1. The number of imidazole rings is 1. The molecule has 0 fully saturated rings. The normalized spacial score (nSPS) is 19.5. The molecule has 1 aromatic heterocycles. The zero-order valence-corrected chi connectivity index (χ0v) is 9.56. The maximum absolute atomic E-state index is 11.0. The number of aromatic carboxylic acids is 1. The highest BCUT2D eigenvalue weighted by Crippen LogP contribution is 2.22. The molecule has 1 aliphatic rings. The van der Waals surface area contributed by atoms with E-state index in [1.54, 1.807) is 0 Å². The van der Waals surface area contributed by atoms with Crippen molar-refractivity contribution in [2.24, 2.45) is 0 Å². The lowest BCUT2D eigenvalue weighted by Gasteiger charge is -2.25. The van der Waals surface area contributed by atoms with Crippen LogP contribution in [0.2, 0.25) is 0 Å². The van der Waals surface area contributed by atoms with Crippen molar-refractivity contribution >= 4 is 5.97 Å². The van der Waals surface area contributed by atoms with E-state index in [0.29, 0.717) is 6.61 Å². The summed E-state index contributed by atoms with van der Waals surface area (Å²) in [6, 6.07) is 0. The van der Waals surface area contributed by atoms with Crippen molar-refractivity contribution in [1.82, 2.24) is 9.55 Å². The highest BCUT2D eigenvalue weighted by molar-refractivity contribution is 5.86. The number of hydrogen-bond acceptors (Lipinski definition) is 3. The van der Waals surface area contributed by atoms with Gasteiger partial charge < -0.3 is 14.4 Å². The lowest BCUT2D eigenvalue weighted by atomic mass is 10.1. The Morgan fingerprint density at radius 1 is 1.69 bits per heavy atom. The van der Waals surface area contributed by atoms with Gasteiger partial charge in [-0.15, -0.1) is 0 Å². The molecule has 0 radical (unpaired) electrons. The molecule has 1 atom stereocenters. The molecular formula is C11H16N2O3. The van der Waals surface area contributed by atoms with Gasteiger partial charge >= 0.3 is 5.97 Å². The van der Waals surface area contributed by atoms with Gasteiger partial charge in [-0.2, -0.15) is 0 Å². The number of carbonyl (C=O) groups is 1. The molecule has 0 bridgehead atoms. The average Bonchev–Trinajstić information content (AvgIpc) is 2.57. The lowest BCUT2D eigenvalue weighted by molar-refractivity contribution is 0.0360. The minimum atomic E-state index is -0.938. The third kappa shape index (κ3) is 1.82. The minimum Gasteiger partial charge on any atom is -0.476 e. The van der Waals surface area contributed by atoms with Crippen molar-refractivity contribution in [2.75, 3.05) is 6.61 Å². The van der Waals surface area contributed by atoms with Crippen LogP contribution in [0.1, 0.15) is 35.4 Å². The molecule has 2 heterocycles. The van der Waals surface area contributed by atoms with Crippen LogP contribution in [0.5, 0.6) is 0 Å². The zero-order valence-electron chi connectivity index (χ0n) is 9.56. The summed E-state index contributed by atoms with van der Waals surface area (Å²) in [4.78, 5) is 15.1. The first-order valence-electron chi connectivity index (χ1n) is 5.54. The fourth-order valence-corrected chi connectivity index (χ4v) is 2.24. The number of hydrogen-bond donors (Lipinski definition) is 1. The molecular weight excluding hydrogens is 208 g/mol. The number of ether oxygens (including phenoxy) is 1. The van der Waals surface area contributed by atoms with Crippen molar-refractivity contribution < 1.29 is 14.6 Å². The van der Waals surface area contributed by atoms with Crippen LogP contribution in [-0.2, 0) is 17.7 Å². The molecule has 88 valence electrons. The quantitative estimate of drug-likeness (QED) is 0.839. The van der Waals surface area contributed by atoms with E-state index in [2.05, 4.69) is 4.98 Å². The van der Waals surface area contributed by atoms with Crippen LogP contribution in [-0.4, -0.2) is 33.3 Å². The number of carboxylic acid groups (broad SMARTS) is 1. The highest BCUT2D eigenvalue weighted by Gasteiger charge is 2.26. The molecule has 1 N–H and O–H groups in total. The summed E-state index contributed by atoms with van der Waals surface area (Å²) < 4.78 is 7.53. The molecule has 0 amide bonds. The zero-order chi connectivity index (χ0) is 11.7. The molecule has 1 aliphatic heterocycles. The van der Waals surface area contributed by atoms with Gasteiger partial charge in [-0.3, -0.25) is 0 Å². The van der Waals surface area contributed by atoms with Gasteiger partial charge in [-0.25, -0.2) is 9.78 Å². The Bertz CT molecular complexity index is 412. The summed E-state index contributed by atoms with van der Waals surface area (Å²) in [6.07, 6.45) is 1.79. The Kier molecular flexibility index (Phi) is 2.96. The first kappa shape index (κ1) is 11.1. The molecule has 0 aliphatic carbocycles. The number of fused-ring (bicyclic) bond motifs is 1. The van der Waals surface area contributed by atoms with Crippen LogP contribution < -0.4 is 0 Å². The van der Waals surface area contributed by atoms with Crippen LogP contribution in [0.15, 0.2) is 0 Å². The van der Waals surface area contributed by atoms with E-state index in [1.165, 1.54) is 0 Å². The third-order valence-corrected chi connectivity index (χ3v) is 2.96. The first-order chi connectivity index (χ1) is 7.63. The van der Waals surface area contributed by atoms with E-state index >= 15 is 0 Å². The maximum Gasteiger partial charge on any atom is 0.356 e. The van der Waals surface area contributed by atoms with Gasteiger partial charge in [0, 0.05) is 6.61 Å². The van der Waals surface area contributed by atoms with Crippen molar-refractivity contribution in [3.8, 4) is 0 Å². The molecule has 5 nitrogen and oxygen atoms in total. The van der Waals surface area contributed by atoms with E-state index in [0.717, 1.165) is 30.9 Å². The van der Waals surface area contributed by atoms with Crippen LogP contribution >= 0.6 is 0 Å². The Hall–Kier alpha value is -1.36. The average molecular weight is 224 g/mol. The summed E-state index contributed by atoms with van der Waals surface area (Å²) in [7, 11) is 0. The van der Waals surface area contributed by atoms with Crippen LogP contribution in [0.25, 0.3) is 0 Å². The second-order valence-electron chi connectivity index (χ2n) is 3.99. The van der Waals surface area contributed by atoms with Crippen LogP contribution in [0.4, 0.5) is 0 Å². The van der Waals surface area contributed by atoms with E-state index in [4.69, 9.17) is 9.84 Å². The monoisotopic (exact) mass is 224 g/mol. The molecule has 0 aromatic carbocycles. The number of nitrogens with zero attached hydrogens (tertiary/aromatic N) is 2. The predicted octanol–water partition coefficient (Wildman–Crippen LogP) is 1.24. The third-order valence-electron chi connectivity index (χ3n) is 2.96. The maximum atomic E-state index is 11.0. The van der Waals surface area contributed by atoms with E-state index in [1.807, 2.05) is 18.4 Å². The highest BCUT2D eigenvalue weighted by atomic mass is 16.5. The van der Waals surface area contributed by atoms with Crippen LogP contribution in [0, 0.1) is 6.92 Å². The molecule has 0 spiro atoms. The smallest absolute Gasteiger partial charge is 0.356 e. The second-order valence-corrected chi connectivity index (χ2v) is 3.99. The standard InChI is InChI=1S/C11H16N2O3/c1-3-16-8-4-5-9-10(11(14)15)12-7(2)13(9)6-8/h8H,3-6H2,1-2H3,(H,14,15). The van der Waals surface area contributed by atoms with E-state index in [-0.39, 0.29) is 11.8 Å². The largest absolute Gasteiger partial charge is 0.476 e. The molecule has 16 heavy (non-hydrogen) atoms. The minimum absolute atomic E-state index is 0.187. The van der Waals surface area contributed by atoms with E-state index in [9.17, 15) is 4.79 Å². The summed E-state index contributed by atoms with van der Waals surface area (Å²) in [5.41, 5.74) is 1.04. The lowest BCUT2D eigenvalue weighted by Crippen LogP contribution is -2.28. The summed E-state index contributed by atoms with van der Waals surface area (Å²) >= 11 is 0. The van der Waals surface area contributed by atoms with Crippen molar-refractivity contribution in [1.29, 1.82) is 0 Å². The fraction of sp³-hybridized carbons (Fsp3) is 0.636. The molecule has 1 unspecified atom stereocenters. The van der Waals surface area contributed by atoms with Crippen molar-refractivity contribution in [3.63, 3.8) is 0 Å². The molecule has 1 aromatic rings. The summed E-state index contributed by atoms with van der Waals surface area (Å²) in [5.74, 6) is -0.177. The molecule has 5 heteroatoms. The number of aryl methyl sites for hydroxylation is 1. The second kappa shape index (κ2) is 4.25. The van der Waals surface area contributed by atoms with Gasteiger partial charge in [0.1, 0.15) is 5.82 Å². The first-order valence-corrected chi connectivity index (χ1v) is 5.54. The summed E-state index contributed by atoms with van der Waals surface area (Å²) in [5, 5.41) is 9.02. The van der Waals surface area contributed by atoms with Crippen molar-refractivity contribution in [3.05, 3.63) is 17.2 Å². The Balaban J connectivity index is 2.29. The van der Waals surface area contributed by atoms with Crippen molar-refractivity contribution in [2.45, 2.75) is 39.3 Å². The van der Waals surface area contributed by atoms with E-state index < -0.39 is 5.97 Å². The Morgan fingerprint density at radius 3 is 3.06 bits per heavy atom.